The van der Waals surface area contributed by atoms with Crippen molar-refractivity contribution < 1.29 is 9.47 Å². The van der Waals surface area contributed by atoms with Gasteiger partial charge >= 0.3 is 0 Å². The summed E-state index contributed by atoms with van der Waals surface area (Å²) >= 11 is 0. The third kappa shape index (κ3) is 2.72. The van der Waals surface area contributed by atoms with Crippen molar-refractivity contribution in [3.63, 3.8) is 0 Å². The summed E-state index contributed by atoms with van der Waals surface area (Å²) in [5.41, 5.74) is 2.28. The van der Waals surface area contributed by atoms with E-state index in [2.05, 4.69) is 43.5 Å². The fourth-order valence-corrected chi connectivity index (χ4v) is 1.92. The van der Waals surface area contributed by atoms with Gasteiger partial charge in [0.2, 0.25) is 0 Å². The molecule has 0 saturated heterocycles. The van der Waals surface area contributed by atoms with Gasteiger partial charge in [0, 0.05) is 0 Å². The Morgan fingerprint density at radius 3 is 2.50 bits per heavy atom. The summed E-state index contributed by atoms with van der Waals surface area (Å²) in [4.78, 5) is 0. The van der Waals surface area contributed by atoms with Crippen molar-refractivity contribution in [1.82, 2.24) is 0 Å². The highest BCUT2D eigenvalue weighted by Gasteiger charge is 2.02. The van der Waals surface area contributed by atoms with Gasteiger partial charge in [-0.3, -0.25) is 0 Å². The predicted molar refractivity (Wildman–Crippen MR) is 73.9 cm³/mol. The van der Waals surface area contributed by atoms with Crippen LogP contribution in [0.15, 0.2) is 62.1 Å². The smallest absolute Gasteiger partial charge is 0.113 e. The number of fused-ring (bicyclic) bond motifs is 1. The van der Waals surface area contributed by atoms with Crippen LogP contribution in [0.25, 0.3) is 10.8 Å². The predicted octanol–water partition coefficient (Wildman–Crippen LogP) is 4.16. The first-order chi connectivity index (χ1) is 8.85. The van der Waals surface area contributed by atoms with Gasteiger partial charge in [0.05, 0.1) is 12.5 Å². The van der Waals surface area contributed by atoms with Crippen LogP contribution in [0.5, 0.6) is 0 Å². The highest BCUT2D eigenvalue weighted by atomic mass is 16.5. The van der Waals surface area contributed by atoms with Crippen LogP contribution in [0.4, 0.5) is 0 Å². The van der Waals surface area contributed by atoms with Crippen LogP contribution in [0, 0.1) is 0 Å². The summed E-state index contributed by atoms with van der Waals surface area (Å²) in [7, 11) is 0. The van der Waals surface area contributed by atoms with E-state index in [1.165, 1.54) is 23.3 Å². The highest BCUT2D eigenvalue weighted by molar-refractivity contribution is 5.86. The van der Waals surface area contributed by atoms with Gasteiger partial charge in [-0.15, -0.1) is 0 Å². The van der Waals surface area contributed by atoms with E-state index in [-0.39, 0.29) is 0 Å². The zero-order chi connectivity index (χ0) is 12.8. The second kappa shape index (κ2) is 5.92. The Morgan fingerprint density at radius 2 is 1.72 bits per heavy atom. The summed E-state index contributed by atoms with van der Waals surface area (Å²) in [5.74, 6) is 0. The number of rotatable bonds is 6. The molecule has 0 fully saturated rings. The van der Waals surface area contributed by atoms with E-state index in [0.29, 0.717) is 13.2 Å². The van der Waals surface area contributed by atoms with Crippen LogP contribution in [0.2, 0.25) is 0 Å². The molecule has 0 aliphatic carbocycles. The highest BCUT2D eigenvalue weighted by Crippen LogP contribution is 2.21. The van der Waals surface area contributed by atoms with E-state index in [1.54, 1.807) is 0 Å². The second-order valence-corrected chi connectivity index (χ2v) is 3.93. The second-order valence-electron chi connectivity index (χ2n) is 3.93. The quantitative estimate of drug-likeness (QED) is 0.706. The fraction of sp³-hybridized carbons (Fsp3) is 0.125. The van der Waals surface area contributed by atoms with Crippen LogP contribution in [-0.4, -0.2) is 0 Å². The number of hydrogen-bond donors (Lipinski definition) is 0. The largest absolute Gasteiger partial charge is 0.497 e. The molecule has 0 aromatic heterocycles. The van der Waals surface area contributed by atoms with E-state index in [9.17, 15) is 0 Å². The van der Waals surface area contributed by atoms with E-state index < -0.39 is 0 Å². The Kier molecular flexibility index (Phi) is 4.02. The molecule has 0 unspecified atom stereocenters. The van der Waals surface area contributed by atoms with Crippen LogP contribution >= 0.6 is 0 Å². The van der Waals surface area contributed by atoms with Crippen molar-refractivity contribution in [2.24, 2.45) is 0 Å². The first-order valence-electron chi connectivity index (χ1n) is 5.80. The first kappa shape index (κ1) is 12.2. The Balaban J connectivity index is 2.33. The average Bonchev–Trinajstić information content (AvgIpc) is 2.42. The zero-order valence-corrected chi connectivity index (χ0v) is 10.3. The molecule has 0 bridgehead atoms. The Labute approximate surface area is 107 Å². The zero-order valence-electron chi connectivity index (χ0n) is 10.3. The number of hydrogen-bond acceptors (Lipinski definition) is 2. The van der Waals surface area contributed by atoms with E-state index in [0.717, 1.165) is 11.1 Å². The molecule has 2 nitrogen and oxygen atoms in total. The third-order valence-corrected chi connectivity index (χ3v) is 2.76. The minimum Gasteiger partial charge on any atom is -0.497 e. The van der Waals surface area contributed by atoms with Gasteiger partial charge in [-0.1, -0.05) is 43.5 Å². The molecular formula is C16H16O2. The molecule has 0 spiro atoms. The first-order valence-corrected chi connectivity index (χ1v) is 5.80. The molecule has 2 aromatic carbocycles. The molecule has 0 amide bonds. The minimum atomic E-state index is 0.545. The van der Waals surface area contributed by atoms with Crippen LogP contribution < -0.4 is 0 Å². The lowest BCUT2D eigenvalue weighted by Gasteiger charge is -2.08. The molecule has 2 rings (SSSR count). The van der Waals surface area contributed by atoms with Crippen LogP contribution in [0.1, 0.15) is 11.1 Å². The third-order valence-electron chi connectivity index (χ3n) is 2.76. The number of ether oxygens (including phenoxy) is 2. The van der Waals surface area contributed by atoms with Gasteiger partial charge in [-0.2, -0.15) is 0 Å². The van der Waals surface area contributed by atoms with Crippen molar-refractivity contribution in [2.45, 2.75) is 13.2 Å². The summed E-state index contributed by atoms with van der Waals surface area (Å²) in [6.45, 7) is 8.19. The maximum atomic E-state index is 5.25. The van der Waals surface area contributed by atoms with Crippen molar-refractivity contribution >= 4 is 10.8 Å². The Bertz CT molecular complexity index is 558. The lowest BCUT2D eigenvalue weighted by molar-refractivity contribution is 0.237. The van der Waals surface area contributed by atoms with Gasteiger partial charge in [0.15, 0.2) is 0 Å². The molecule has 0 aliphatic rings. The maximum absolute atomic E-state index is 5.25. The monoisotopic (exact) mass is 240 g/mol. The maximum Gasteiger partial charge on any atom is 0.113 e. The summed E-state index contributed by atoms with van der Waals surface area (Å²) < 4.78 is 10.4. The molecule has 0 N–H and O–H groups in total. The molecule has 0 radical (unpaired) electrons. The lowest BCUT2D eigenvalue weighted by atomic mass is 10.0. The van der Waals surface area contributed by atoms with Crippen molar-refractivity contribution in [1.29, 1.82) is 0 Å². The van der Waals surface area contributed by atoms with Crippen molar-refractivity contribution in [3.8, 4) is 0 Å². The summed E-state index contributed by atoms with van der Waals surface area (Å²) in [6, 6.07) is 12.5. The van der Waals surface area contributed by atoms with Gasteiger partial charge in [-0.25, -0.2) is 0 Å². The molecule has 0 aliphatic heterocycles. The Morgan fingerprint density at radius 1 is 0.944 bits per heavy atom. The average molecular weight is 240 g/mol. The van der Waals surface area contributed by atoms with Gasteiger partial charge in [-0.05, 0) is 28.0 Å². The molecule has 0 saturated carbocycles. The molecule has 0 heterocycles. The molecule has 0 atom stereocenters. The molecular weight excluding hydrogens is 224 g/mol. The summed E-state index contributed by atoms with van der Waals surface area (Å²) in [6.07, 6.45) is 2.92. The lowest BCUT2D eigenvalue weighted by Crippen LogP contribution is -1.91. The molecule has 2 heteroatoms. The minimum absolute atomic E-state index is 0.545. The fourth-order valence-electron chi connectivity index (χ4n) is 1.92. The van der Waals surface area contributed by atoms with E-state index >= 15 is 0 Å². The van der Waals surface area contributed by atoms with Gasteiger partial charge < -0.3 is 9.47 Å². The summed E-state index contributed by atoms with van der Waals surface area (Å²) in [5, 5.41) is 2.38. The normalized spacial score (nSPS) is 10.0. The Hall–Kier alpha value is -2.22. The van der Waals surface area contributed by atoms with Crippen LogP contribution in [0.3, 0.4) is 0 Å². The van der Waals surface area contributed by atoms with Crippen molar-refractivity contribution in [3.05, 3.63) is 73.2 Å². The molecule has 18 heavy (non-hydrogen) atoms. The van der Waals surface area contributed by atoms with E-state index in [1.807, 2.05) is 6.07 Å². The standard InChI is InChI=1S/C16H16O2/c1-3-17-11-13-8-9-16-14(10-13)6-5-7-15(16)12-18-4-2/h3-10H,1-2,11-12H2. The molecule has 2 aromatic rings. The van der Waals surface area contributed by atoms with Gasteiger partial charge in [0.25, 0.3) is 0 Å². The SMILES string of the molecule is C=COCc1ccc2c(COC=C)cccc2c1. The van der Waals surface area contributed by atoms with Gasteiger partial charge in [0.1, 0.15) is 13.2 Å². The molecule has 92 valence electrons. The van der Waals surface area contributed by atoms with Crippen molar-refractivity contribution in [2.75, 3.05) is 0 Å². The topological polar surface area (TPSA) is 18.5 Å². The number of benzene rings is 2. The van der Waals surface area contributed by atoms with Crippen LogP contribution in [-0.2, 0) is 22.7 Å². The van der Waals surface area contributed by atoms with E-state index in [4.69, 9.17) is 9.47 Å².